The molecule has 0 saturated carbocycles. The molecule has 0 radical (unpaired) electrons. The summed E-state index contributed by atoms with van der Waals surface area (Å²) in [6, 6.07) is 6.18. The third kappa shape index (κ3) is 6.22. The Kier molecular flexibility index (Phi) is 8.20. The van der Waals surface area contributed by atoms with Crippen molar-refractivity contribution >= 4 is 44.7 Å². The van der Waals surface area contributed by atoms with E-state index in [1.807, 2.05) is 26.1 Å². The van der Waals surface area contributed by atoms with Crippen LogP contribution in [0.4, 0.5) is 11.5 Å². The molecule has 1 aromatic carbocycles. The Labute approximate surface area is 229 Å². The lowest BCUT2D eigenvalue weighted by atomic mass is 10.0. The smallest absolute Gasteiger partial charge is 0.256 e. The molecule has 12 heteroatoms. The Morgan fingerprint density at radius 1 is 1.32 bits per heavy atom. The predicted octanol–water partition coefficient (Wildman–Crippen LogP) is 3.85. The van der Waals surface area contributed by atoms with Crippen molar-refractivity contribution in [2.24, 2.45) is 11.7 Å². The van der Waals surface area contributed by atoms with Crippen molar-refractivity contribution in [3.8, 4) is 0 Å². The highest BCUT2D eigenvalue weighted by atomic mass is 35.5. The van der Waals surface area contributed by atoms with E-state index in [0.717, 1.165) is 43.6 Å². The van der Waals surface area contributed by atoms with E-state index in [1.54, 1.807) is 15.5 Å². The maximum Gasteiger partial charge on any atom is 0.256 e. The zero-order chi connectivity index (χ0) is 27.8. The fourth-order valence-corrected chi connectivity index (χ4v) is 5.45. The normalized spacial score (nSPS) is 17.6. The van der Waals surface area contributed by atoms with Gasteiger partial charge in [0.15, 0.2) is 5.65 Å². The number of hydrogen-bond acceptors (Lipinski definition) is 7. The van der Waals surface area contributed by atoms with E-state index in [9.17, 15) is 13.2 Å². The summed E-state index contributed by atoms with van der Waals surface area (Å²) < 4.78 is 28.1. The number of rotatable bonds is 9. The fourth-order valence-electron chi connectivity index (χ4n) is 4.70. The molecule has 3 N–H and O–H groups in total. The maximum atomic E-state index is 14.0. The van der Waals surface area contributed by atoms with Crippen molar-refractivity contribution in [3.05, 3.63) is 52.3 Å². The van der Waals surface area contributed by atoms with Crippen molar-refractivity contribution < 1.29 is 13.2 Å². The van der Waals surface area contributed by atoms with Crippen LogP contribution in [0.3, 0.4) is 0 Å². The number of aryl methyl sites for hydroxylation is 1. The van der Waals surface area contributed by atoms with Gasteiger partial charge in [-0.1, -0.05) is 31.9 Å². The predicted molar refractivity (Wildman–Crippen MR) is 151 cm³/mol. The second kappa shape index (κ2) is 11.1. The summed E-state index contributed by atoms with van der Waals surface area (Å²) in [4.78, 5) is 22.8. The highest BCUT2D eigenvalue weighted by Crippen LogP contribution is 2.30. The van der Waals surface area contributed by atoms with Crippen molar-refractivity contribution in [1.29, 1.82) is 0 Å². The van der Waals surface area contributed by atoms with Gasteiger partial charge in [-0.05, 0) is 44.4 Å². The van der Waals surface area contributed by atoms with Gasteiger partial charge in [0, 0.05) is 48.5 Å². The van der Waals surface area contributed by atoms with Gasteiger partial charge in [0.2, 0.25) is 10.0 Å². The summed E-state index contributed by atoms with van der Waals surface area (Å²) in [5.41, 5.74) is 8.85. The second-order valence-corrected chi connectivity index (χ2v) is 12.5. The Bertz CT molecular complexity index is 1440. The van der Waals surface area contributed by atoms with Gasteiger partial charge < -0.3 is 15.5 Å². The summed E-state index contributed by atoms with van der Waals surface area (Å²) in [6.45, 7) is 10.2. The van der Waals surface area contributed by atoms with Gasteiger partial charge in [-0.3, -0.25) is 9.52 Å². The monoisotopic (exact) mass is 561 g/mol. The number of nitrogens with one attached hydrogen (secondary N) is 1. The van der Waals surface area contributed by atoms with Crippen molar-refractivity contribution in [3.63, 3.8) is 0 Å². The molecule has 4 rings (SSSR count). The van der Waals surface area contributed by atoms with E-state index >= 15 is 0 Å². The lowest BCUT2D eigenvalue weighted by molar-refractivity contribution is 0.0655. The summed E-state index contributed by atoms with van der Waals surface area (Å²) in [5, 5.41) is 5.10. The first-order valence-electron chi connectivity index (χ1n) is 12.8. The number of sulfonamides is 1. The van der Waals surface area contributed by atoms with Crippen LogP contribution in [0.5, 0.6) is 0 Å². The summed E-state index contributed by atoms with van der Waals surface area (Å²) in [5.74, 6) is 0.766. The standard InChI is InChI=1S/C26H36ClN7O3S/c1-6-16(2)13-33(26(35)21-11-19(27)7-8-22(21)31-38(5,36)37)18(4)23-12-24-29-25(17(3)14-34(24)30-23)32-10-9-20(28)15-32/h7-8,11-12,14,16,18,20,31H,6,9-10,13,15,28H2,1-5H3/t16?,18-,20-/m0/s1. The maximum absolute atomic E-state index is 14.0. The van der Waals surface area contributed by atoms with Crippen LogP contribution in [0.25, 0.3) is 5.65 Å². The molecule has 1 unspecified atom stereocenters. The number of amides is 1. The summed E-state index contributed by atoms with van der Waals surface area (Å²) in [6.07, 6.45) is 4.79. The number of halogens is 1. The molecule has 1 fully saturated rings. The van der Waals surface area contributed by atoms with E-state index in [2.05, 4.69) is 23.5 Å². The highest BCUT2D eigenvalue weighted by Gasteiger charge is 2.29. The first-order chi connectivity index (χ1) is 17.9. The lowest BCUT2D eigenvalue weighted by Crippen LogP contribution is -2.37. The fraction of sp³-hybridized carbons (Fsp3) is 0.500. The van der Waals surface area contributed by atoms with Crippen molar-refractivity contribution in [1.82, 2.24) is 19.5 Å². The lowest BCUT2D eigenvalue weighted by Gasteiger charge is -2.31. The van der Waals surface area contributed by atoms with Crippen LogP contribution in [0.1, 0.15) is 61.3 Å². The molecular formula is C26H36ClN7O3S. The molecule has 0 bridgehead atoms. The number of benzene rings is 1. The molecular weight excluding hydrogens is 526 g/mol. The van der Waals surface area contributed by atoms with Gasteiger partial charge in [0.05, 0.1) is 29.2 Å². The summed E-state index contributed by atoms with van der Waals surface area (Å²) in [7, 11) is -3.61. The molecule has 3 heterocycles. The summed E-state index contributed by atoms with van der Waals surface area (Å²) >= 11 is 6.23. The van der Waals surface area contributed by atoms with Crippen LogP contribution < -0.4 is 15.4 Å². The Morgan fingerprint density at radius 2 is 2.05 bits per heavy atom. The SMILES string of the molecule is CCC(C)CN(C(=O)c1cc(Cl)ccc1NS(C)(=O)=O)[C@@H](C)c1cc2nc(N3CC[C@H](N)C3)c(C)cn2n1. The zero-order valence-electron chi connectivity index (χ0n) is 22.5. The number of hydrogen-bond donors (Lipinski definition) is 2. The molecule has 1 amide bonds. The van der Waals surface area contributed by atoms with Crippen LogP contribution in [0, 0.1) is 12.8 Å². The molecule has 2 aromatic heterocycles. The van der Waals surface area contributed by atoms with E-state index in [-0.39, 0.29) is 29.1 Å². The van der Waals surface area contributed by atoms with Crippen LogP contribution >= 0.6 is 11.6 Å². The van der Waals surface area contributed by atoms with E-state index in [1.165, 1.54) is 12.1 Å². The van der Waals surface area contributed by atoms with Gasteiger partial charge in [-0.25, -0.2) is 17.9 Å². The van der Waals surface area contributed by atoms with Gasteiger partial charge in [-0.15, -0.1) is 0 Å². The molecule has 1 saturated heterocycles. The minimum absolute atomic E-state index is 0.140. The first-order valence-corrected chi connectivity index (χ1v) is 15.1. The number of aromatic nitrogens is 3. The minimum Gasteiger partial charge on any atom is -0.355 e. The number of anilines is 2. The van der Waals surface area contributed by atoms with Crippen molar-refractivity contribution in [2.45, 2.75) is 52.6 Å². The van der Waals surface area contributed by atoms with Crippen LogP contribution in [0.15, 0.2) is 30.5 Å². The molecule has 10 nitrogen and oxygen atoms in total. The quantitative estimate of drug-likeness (QED) is 0.406. The second-order valence-electron chi connectivity index (χ2n) is 10.3. The molecule has 0 spiro atoms. The van der Waals surface area contributed by atoms with E-state index in [0.29, 0.717) is 22.9 Å². The molecule has 3 atom stereocenters. The molecule has 0 aliphatic carbocycles. The van der Waals surface area contributed by atoms with Crippen LogP contribution in [-0.4, -0.2) is 65.8 Å². The third-order valence-electron chi connectivity index (χ3n) is 7.02. The number of carbonyl (C=O) groups excluding carboxylic acids is 1. The number of nitrogens with two attached hydrogens (primary N) is 1. The molecule has 206 valence electrons. The average Bonchev–Trinajstić information content (AvgIpc) is 3.46. The molecule has 38 heavy (non-hydrogen) atoms. The molecule has 1 aliphatic rings. The van der Waals surface area contributed by atoms with E-state index < -0.39 is 16.1 Å². The van der Waals surface area contributed by atoms with Gasteiger partial charge >= 0.3 is 0 Å². The third-order valence-corrected chi connectivity index (χ3v) is 7.84. The van der Waals surface area contributed by atoms with Crippen LogP contribution in [0.2, 0.25) is 5.02 Å². The minimum atomic E-state index is -3.61. The Morgan fingerprint density at radius 3 is 2.68 bits per heavy atom. The van der Waals surface area contributed by atoms with E-state index in [4.69, 9.17) is 27.4 Å². The molecule has 3 aromatic rings. The Balaban J connectivity index is 1.72. The van der Waals surface area contributed by atoms with Gasteiger partial charge in [-0.2, -0.15) is 5.10 Å². The van der Waals surface area contributed by atoms with Gasteiger partial charge in [0.1, 0.15) is 5.82 Å². The molecule has 1 aliphatic heterocycles. The first kappa shape index (κ1) is 28.1. The number of fused-ring (bicyclic) bond motifs is 1. The average molecular weight is 562 g/mol. The topological polar surface area (TPSA) is 126 Å². The van der Waals surface area contributed by atoms with Crippen molar-refractivity contribution in [2.75, 3.05) is 35.5 Å². The zero-order valence-corrected chi connectivity index (χ0v) is 24.1. The highest BCUT2D eigenvalue weighted by molar-refractivity contribution is 7.92. The number of carbonyl (C=O) groups is 1. The van der Waals surface area contributed by atoms with Crippen LogP contribution in [-0.2, 0) is 10.0 Å². The number of nitrogens with zero attached hydrogens (tertiary/aromatic N) is 5. The van der Waals surface area contributed by atoms with Gasteiger partial charge in [0.25, 0.3) is 5.91 Å². The largest absolute Gasteiger partial charge is 0.355 e. The Hall–Kier alpha value is -2.89.